The first-order valence-electron chi connectivity index (χ1n) is 8.12. The minimum atomic E-state index is -0.0243. The van der Waals surface area contributed by atoms with Gasteiger partial charge in [0.25, 0.3) is 5.91 Å². The van der Waals surface area contributed by atoms with Crippen LogP contribution in [0.25, 0.3) is 0 Å². The maximum atomic E-state index is 12.9. The van der Waals surface area contributed by atoms with Crippen LogP contribution < -0.4 is 0 Å². The van der Waals surface area contributed by atoms with Gasteiger partial charge in [-0.2, -0.15) is 5.10 Å². The Balaban J connectivity index is 1.72. The lowest BCUT2D eigenvalue weighted by Crippen LogP contribution is -2.34. The van der Waals surface area contributed by atoms with Crippen molar-refractivity contribution >= 4 is 17.2 Å². The summed E-state index contributed by atoms with van der Waals surface area (Å²) in [6, 6.07) is 6.46. The predicted molar refractivity (Wildman–Crippen MR) is 94.3 cm³/mol. The smallest absolute Gasteiger partial charge is 0.274 e. The molecule has 0 spiro atoms. The third-order valence-electron chi connectivity index (χ3n) is 4.42. The number of methoxy groups -OCH3 is 1. The number of thiophene rings is 1. The number of rotatable bonds is 7. The summed E-state index contributed by atoms with van der Waals surface area (Å²) in [5, 5.41) is 6.57. The van der Waals surface area contributed by atoms with Gasteiger partial charge in [-0.15, -0.1) is 11.3 Å². The van der Waals surface area contributed by atoms with E-state index in [0.29, 0.717) is 31.4 Å². The van der Waals surface area contributed by atoms with Crippen molar-refractivity contribution in [2.75, 3.05) is 34.4 Å². The minimum Gasteiger partial charge on any atom is -0.383 e. The maximum Gasteiger partial charge on any atom is 0.274 e. The van der Waals surface area contributed by atoms with E-state index >= 15 is 0 Å². The van der Waals surface area contributed by atoms with Gasteiger partial charge in [0.15, 0.2) is 5.69 Å². The van der Waals surface area contributed by atoms with Gasteiger partial charge >= 0.3 is 0 Å². The standard InChI is InChI=1S/C17H24N4O2S/c1-19(2)14-9-13-10-16(18-21(13)11-14)17(22)20(6-7-23-3)12-15-5-4-8-24-15/h4-5,8,10,14H,6-7,9,11-12H2,1-3H3/t14-/m0/s1. The molecule has 6 nitrogen and oxygen atoms in total. The molecule has 0 saturated carbocycles. The first-order valence-corrected chi connectivity index (χ1v) is 9.00. The summed E-state index contributed by atoms with van der Waals surface area (Å²) in [4.78, 5) is 18.1. The van der Waals surface area contributed by atoms with Gasteiger partial charge in [-0.25, -0.2) is 0 Å². The van der Waals surface area contributed by atoms with Crippen molar-refractivity contribution in [2.24, 2.45) is 0 Å². The molecule has 3 heterocycles. The fourth-order valence-corrected chi connectivity index (χ4v) is 3.66. The molecule has 0 aliphatic carbocycles. The number of hydrogen-bond donors (Lipinski definition) is 0. The molecule has 2 aromatic heterocycles. The van der Waals surface area contributed by atoms with Crippen molar-refractivity contribution < 1.29 is 9.53 Å². The van der Waals surface area contributed by atoms with E-state index < -0.39 is 0 Å². The van der Waals surface area contributed by atoms with Crippen molar-refractivity contribution in [2.45, 2.75) is 25.6 Å². The molecule has 0 unspecified atom stereocenters. The van der Waals surface area contributed by atoms with Crippen molar-refractivity contribution in [3.8, 4) is 0 Å². The number of carbonyl (C=O) groups is 1. The molecular formula is C17H24N4O2S. The molecule has 1 amide bonds. The van der Waals surface area contributed by atoms with Crippen LogP contribution in [0, 0.1) is 0 Å². The van der Waals surface area contributed by atoms with Crippen LogP contribution >= 0.6 is 11.3 Å². The maximum absolute atomic E-state index is 12.9. The fraction of sp³-hybridized carbons (Fsp3) is 0.529. The summed E-state index contributed by atoms with van der Waals surface area (Å²) in [5.41, 5.74) is 1.68. The number of hydrogen-bond acceptors (Lipinski definition) is 5. The van der Waals surface area contributed by atoms with E-state index in [2.05, 4.69) is 24.1 Å². The Hall–Kier alpha value is -1.70. The Morgan fingerprint density at radius 2 is 2.33 bits per heavy atom. The van der Waals surface area contributed by atoms with E-state index in [1.165, 1.54) is 4.88 Å². The van der Waals surface area contributed by atoms with Gasteiger partial charge in [0.1, 0.15) is 0 Å². The second-order valence-electron chi connectivity index (χ2n) is 6.32. The fourth-order valence-electron chi connectivity index (χ4n) is 2.94. The summed E-state index contributed by atoms with van der Waals surface area (Å²) in [6.07, 6.45) is 0.941. The van der Waals surface area contributed by atoms with E-state index in [-0.39, 0.29) is 5.91 Å². The molecule has 130 valence electrons. The summed E-state index contributed by atoms with van der Waals surface area (Å²) >= 11 is 1.66. The molecular weight excluding hydrogens is 324 g/mol. The second-order valence-corrected chi connectivity index (χ2v) is 7.36. The molecule has 0 fully saturated rings. The van der Waals surface area contributed by atoms with Crippen LogP contribution in [0.3, 0.4) is 0 Å². The van der Waals surface area contributed by atoms with Crippen LogP contribution in [-0.4, -0.2) is 65.9 Å². The second kappa shape index (κ2) is 7.46. The van der Waals surface area contributed by atoms with Gasteiger partial charge in [-0.3, -0.25) is 9.48 Å². The number of carbonyl (C=O) groups excluding carboxylic acids is 1. The average molecular weight is 348 g/mol. The highest BCUT2D eigenvalue weighted by Crippen LogP contribution is 2.20. The first kappa shape index (κ1) is 17.1. The Bertz CT molecular complexity index is 657. The molecule has 0 saturated heterocycles. The van der Waals surface area contributed by atoms with E-state index in [1.807, 2.05) is 33.2 Å². The third-order valence-corrected chi connectivity index (χ3v) is 5.28. The number of fused-ring (bicyclic) bond motifs is 1. The first-order chi connectivity index (χ1) is 11.6. The largest absolute Gasteiger partial charge is 0.383 e. The average Bonchev–Trinajstić information content (AvgIpc) is 3.25. The molecule has 2 aromatic rings. The number of ether oxygens (including phenoxy) is 1. The summed E-state index contributed by atoms with van der Waals surface area (Å²) in [6.45, 7) is 2.53. The monoisotopic (exact) mass is 348 g/mol. The van der Waals surface area contributed by atoms with E-state index in [9.17, 15) is 4.79 Å². The van der Waals surface area contributed by atoms with Crippen LogP contribution in [0.15, 0.2) is 23.6 Å². The van der Waals surface area contributed by atoms with E-state index in [4.69, 9.17) is 4.74 Å². The van der Waals surface area contributed by atoms with Gasteiger partial charge in [-0.05, 0) is 31.6 Å². The van der Waals surface area contributed by atoms with Crippen molar-refractivity contribution in [3.63, 3.8) is 0 Å². The Morgan fingerprint density at radius 3 is 2.96 bits per heavy atom. The molecule has 24 heavy (non-hydrogen) atoms. The van der Waals surface area contributed by atoms with Crippen LogP contribution in [0.5, 0.6) is 0 Å². The summed E-state index contributed by atoms with van der Waals surface area (Å²) in [7, 11) is 5.81. The molecule has 1 aliphatic heterocycles. The number of nitrogens with zero attached hydrogens (tertiary/aromatic N) is 4. The van der Waals surface area contributed by atoms with E-state index in [1.54, 1.807) is 18.4 Å². The topological polar surface area (TPSA) is 50.6 Å². The van der Waals surface area contributed by atoms with Crippen molar-refractivity contribution in [3.05, 3.63) is 39.8 Å². The van der Waals surface area contributed by atoms with Gasteiger partial charge in [0.05, 0.1) is 19.7 Å². The molecule has 0 N–H and O–H groups in total. The Kier molecular flexibility index (Phi) is 5.33. The van der Waals surface area contributed by atoms with Gasteiger partial charge in [0, 0.05) is 36.7 Å². The Morgan fingerprint density at radius 1 is 1.50 bits per heavy atom. The van der Waals surface area contributed by atoms with Gasteiger partial charge in [0.2, 0.25) is 0 Å². The van der Waals surface area contributed by atoms with Crippen LogP contribution in [0.4, 0.5) is 0 Å². The highest BCUT2D eigenvalue weighted by molar-refractivity contribution is 7.09. The number of amides is 1. The molecule has 1 atom stereocenters. The lowest BCUT2D eigenvalue weighted by Gasteiger charge is -2.21. The zero-order chi connectivity index (χ0) is 17.1. The van der Waals surface area contributed by atoms with Gasteiger partial charge < -0.3 is 14.5 Å². The van der Waals surface area contributed by atoms with Crippen molar-refractivity contribution in [1.82, 2.24) is 19.6 Å². The minimum absolute atomic E-state index is 0.0243. The zero-order valence-corrected chi connectivity index (χ0v) is 15.3. The number of likely N-dealkylation sites (N-methyl/N-ethyl adjacent to an activating group) is 1. The molecule has 1 aliphatic rings. The van der Waals surface area contributed by atoms with Crippen LogP contribution in [0.1, 0.15) is 21.1 Å². The lowest BCUT2D eigenvalue weighted by atomic mass is 10.2. The lowest BCUT2D eigenvalue weighted by molar-refractivity contribution is 0.0675. The highest BCUT2D eigenvalue weighted by Gasteiger charge is 2.28. The Labute approximate surface area is 146 Å². The normalized spacial score (nSPS) is 16.6. The van der Waals surface area contributed by atoms with Crippen LogP contribution in [-0.2, 0) is 24.2 Å². The molecule has 0 radical (unpaired) electrons. The molecule has 0 aromatic carbocycles. The van der Waals surface area contributed by atoms with Crippen molar-refractivity contribution in [1.29, 1.82) is 0 Å². The van der Waals surface area contributed by atoms with E-state index in [0.717, 1.165) is 18.7 Å². The summed E-state index contributed by atoms with van der Waals surface area (Å²) < 4.78 is 7.13. The predicted octanol–water partition coefficient (Wildman–Crippen LogP) is 1.72. The highest BCUT2D eigenvalue weighted by atomic mass is 32.1. The quantitative estimate of drug-likeness (QED) is 0.764. The zero-order valence-electron chi connectivity index (χ0n) is 14.4. The summed E-state index contributed by atoms with van der Waals surface area (Å²) in [5.74, 6) is -0.0243. The van der Waals surface area contributed by atoms with Gasteiger partial charge in [-0.1, -0.05) is 6.07 Å². The molecule has 7 heteroatoms. The molecule has 3 rings (SSSR count). The molecule has 0 bridgehead atoms. The third kappa shape index (κ3) is 3.68. The SMILES string of the molecule is COCCN(Cc1cccs1)C(=O)c1cc2n(n1)C[C@@H](N(C)C)C2. The van der Waals surface area contributed by atoms with Crippen LogP contribution in [0.2, 0.25) is 0 Å². The number of aromatic nitrogens is 2.